The van der Waals surface area contributed by atoms with Crippen LogP contribution in [0, 0.1) is 11.8 Å². The fourth-order valence-electron chi connectivity index (χ4n) is 12.5. The zero-order valence-corrected chi connectivity index (χ0v) is 67.3. The van der Waals surface area contributed by atoms with Crippen LogP contribution in [-0.2, 0) is 65.4 Å². The molecule has 0 rings (SSSR count). The Bertz CT molecular complexity index is 1930. The first-order valence-electron chi connectivity index (χ1n) is 42.0. The number of unbranched alkanes of at least 4 members (excludes halogenated alkanes) is 49. The molecule has 100 heavy (non-hydrogen) atoms. The number of carbonyl (C=O) groups excluding carboxylic acids is 4. The number of phosphoric acid groups is 2. The van der Waals surface area contributed by atoms with Crippen molar-refractivity contribution in [2.45, 2.75) is 445 Å². The topological polar surface area (TPSA) is 237 Å². The molecule has 3 N–H and O–H groups in total. The lowest BCUT2D eigenvalue weighted by molar-refractivity contribution is -0.161. The van der Waals surface area contributed by atoms with Gasteiger partial charge in [-0.15, -0.1) is 0 Å². The molecule has 17 nitrogen and oxygen atoms in total. The molecule has 0 saturated carbocycles. The van der Waals surface area contributed by atoms with E-state index in [-0.39, 0.29) is 25.7 Å². The highest BCUT2D eigenvalue weighted by molar-refractivity contribution is 7.47. The van der Waals surface area contributed by atoms with Crippen LogP contribution in [0.2, 0.25) is 0 Å². The van der Waals surface area contributed by atoms with Gasteiger partial charge in [-0.25, -0.2) is 9.13 Å². The molecule has 0 heterocycles. The second kappa shape index (κ2) is 72.6. The fourth-order valence-corrected chi connectivity index (χ4v) is 14.1. The molecular formula is C81H158O17P2. The van der Waals surface area contributed by atoms with Gasteiger partial charge >= 0.3 is 39.5 Å². The van der Waals surface area contributed by atoms with Crippen molar-refractivity contribution >= 4 is 39.5 Å². The predicted octanol–water partition coefficient (Wildman–Crippen LogP) is 24.3. The normalized spacial score (nSPS) is 14.2. The van der Waals surface area contributed by atoms with E-state index in [9.17, 15) is 43.2 Å². The lowest BCUT2D eigenvalue weighted by Crippen LogP contribution is -2.30. The summed E-state index contributed by atoms with van der Waals surface area (Å²) in [5.74, 6) is -0.513. The smallest absolute Gasteiger partial charge is 0.462 e. The SMILES string of the molecule is CCCCCCCCCCCCCCCCCCCCCCCCC(=O)O[C@H](COC(=O)CCCCCCCCCCCCCCCCC(C)CC)COP(=O)(O)OC[C@@H](O)COP(=O)(O)OC[C@@H](COC(=O)CCCCCCCCC)OC(=O)CCCCCCCCCCCCC(C)C. The van der Waals surface area contributed by atoms with Crippen molar-refractivity contribution < 1.29 is 80.2 Å². The third-order valence-electron chi connectivity index (χ3n) is 19.3. The molecule has 0 aliphatic carbocycles. The lowest BCUT2D eigenvalue weighted by Gasteiger charge is -2.21. The molecule has 0 bridgehead atoms. The highest BCUT2D eigenvalue weighted by Crippen LogP contribution is 2.45. The van der Waals surface area contributed by atoms with Crippen LogP contribution < -0.4 is 0 Å². The Morgan fingerprint density at radius 2 is 0.510 bits per heavy atom. The molecular weight excluding hydrogens is 1310 g/mol. The molecule has 0 spiro atoms. The van der Waals surface area contributed by atoms with Crippen LogP contribution >= 0.6 is 15.6 Å². The maximum absolute atomic E-state index is 13.1. The standard InChI is InChI=1S/C81H158O17P2/c1-7-10-12-14-16-17-18-19-20-21-22-23-24-25-26-27-32-35-41-47-53-59-65-80(85)98-77(70-92-79(84)64-58-52-46-40-34-31-29-28-30-33-39-45-50-56-62-74(6)9-3)72-96-100(89,90)94-68-75(82)67-93-99(87,88)95-71-76(69-91-78(83)63-57-51-43-15-13-11-8-2)97-81(86)66-60-54-48-42-37-36-38-44-49-55-61-73(4)5/h73-77,82H,7-72H2,1-6H3,(H,87,88)(H,89,90)/t74?,75-,76+,77+/m0/s1. The Morgan fingerprint density at radius 3 is 0.760 bits per heavy atom. The molecule has 0 radical (unpaired) electrons. The first kappa shape index (κ1) is 98.1. The summed E-state index contributed by atoms with van der Waals surface area (Å²) in [5.41, 5.74) is 0. The number of carbonyl (C=O) groups is 4. The largest absolute Gasteiger partial charge is 0.472 e. The number of aliphatic hydroxyl groups is 1. The third-order valence-corrected chi connectivity index (χ3v) is 21.2. The number of phosphoric ester groups is 2. The second-order valence-electron chi connectivity index (χ2n) is 29.9. The number of aliphatic hydroxyl groups excluding tert-OH is 1. The monoisotopic (exact) mass is 1470 g/mol. The van der Waals surface area contributed by atoms with E-state index < -0.39 is 97.5 Å². The van der Waals surface area contributed by atoms with Gasteiger partial charge in [0.25, 0.3) is 0 Å². The van der Waals surface area contributed by atoms with Crippen molar-refractivity contribution in [3.05, 3.63) is 0 Å². The van der Waals surface area contributed by atoms with Crippen LogP contribution in [0.4, 0.5) is 0 Å². The van der Waals surface area contributed by atoms with Crippen LogP contribution in [0.25, 0.3) is 0 Å². The first-order chi connectivity index (χ1) is 48.4. The van der Waals surface area contributed by atoms with Gasteiger partial charge < -0.3 is 33.8 Å². The first-order valence-corrected chi connectivity index (χ1v) is 45.0. The zero-order valence-electron chi connectivity index (χ0n) is 65.5. The molecule has 0 aromatic rings. The van der Waals surface area contributed by atoms with Gasteiger partial charge in [-0.3, -0.25) is 37.3 Å². The highest BCUT2D eigenvalue weighted by Gasteiger charge is 2.30. The molecule has 0 fully saturated rings. The third kappa shape index (κ3) is 73.0. The highest BCUT2D eigenvalue weighted by atomic mass is 31.2. The summed E-state index contributed by atoms with van der Waals surface area (Å²) in [7, 11) is -9.91. The van der Waals surface area contributed by atoms with Gasteiger partial charge in [0.2, 0.25) is 0 Å². The predicted molar refractivity (Wildman–Crippen MR) is 409 cm³/mol. The van der Waals surface area contributed by atoms with E-state index in [0.717, 1.165) is 115 Å². The molecule has 6 atom stereocenters. The Labute approximate surface area is 613 Å². The molecule has 3 unspecified atom stereocenters. The number of hydrogen-bond donors (Lipinski definition) is 3. The van der Waals surface area contributed by atoms with Crippen molar-refractivity contribution in [3.63, 3.8) is 0 Å². The molecule has 0 saturated heterocycles. The van der Waals surface area contributed by atoms with Gasteiger partial charge in [-0.2, -0.15) is 0 Å². The maximum Gasteiger partial charge on any atom is 0.472 e. The van der Waals surface area contributed by atoms with E-state index >= 15 is 0 Å². The minimum atomic E-state index is -4.96. The molecule has 0 aliphatic heterocycles. The van der Waals surface area contributed by atoms with E-state index in [4.69, 9.17) is 37.0 Å². The zero-order chi connectivity index (χ0) is 73.5. The van der Waals surface area contributed by atoms with E-state index in [0.29, 0.717) is 25.7 Å². The Morgan fingerprint density at radius 1 is 0.290 bits per heavy atom. The summed E-state index contributed by atoms with van der Waals surface area (Å²) in [6.45, 7) is 9.63. The van der Waals surface area contributed by atoms with Crippen molar-refractivity contribution in [2.75, 3.05) is 39.6 Å². The molecule has 0 aromatic carbocycles. The summed E-state index contributed by atoms with van der Waals surface area (Å²) in [6, 6.07) is 0. The summed E-state index contributed by atoms with van der Waals surface area (Å²) in [5, 5.41) is 10.6. The van der Waals surface area contributed by atoms with Crippen molar-refractivity contribution in [2.24, 2.45) is 11.8 Å². The van der Waals surface area contributed by atoms with Gasteiger partial charge in [-0.05, 0) is 37.5 Å². The quantitative estimate of drug-likeness (QED) is 0.0222. The van der Waals surface area contributed by atoms with Gasteiger partial charge in [0.05, 0.1) is 26.4 Å². The minimum absolute atomic E-state index is 0.106. The van der Waals surface area contributed by atoms with Crippen LogP contribution in [0.3, 0.4) is 0 Å². The summed E-state index contributed by atoms with van der Waals surface area (Å²) in [6.07, 6.45) is 62.7. The van der Waals surface area contributed by atoms with E-state index in [1.807, 2.05) is 0 Å². The molecule has 19 heteroatoms. The summed E-state index contributed by atoms with van der Waals surface area (Å²) < 4.78 is 68.6. The number of hydrogen-bond acceptors (Lipinski definition) is 15. The maximum atomic E-state index is 13.1. The van der Waals surface area contributed by atoms with Crippen LogP contribution in [0.15, 0.2) is 0 Å². The van der Waals surface area contributed by atoms with Gasteiger partial charge in [0.15, 0.2) is 12.2 Å². The Balaban J connectivity index is 5.16. The Kier molecular flexibility index (Phi) is 71.2. The van der Waals surface area contributed by atoms with Crippen LogP contribution in [0.1, 0.15) is 427 Å². The fraction of sp³-hybridized carbons (Fsp3) is 0.951. The lowest BCUT2D eigenvalue weighted by atomic mass is 9.99. The number of esters is 4. The van der Waals surface area contributed by atoms with E-state index in [1.165, 1.54) is 231 Å². The average molecular weight is 1470 g/mol. The van der Waals surface area contributed by atoms with E-state index in [1.54, 1.807) is 0 Å². The van der Waals surface area contributed by atoms with Crippen LogP contribution in [0.5, 0.6) is 0 Å². The van der Waals surface area contributed by atoms with E-state index in [2.05, 4.69) is 41.5 Å². The van der Waals surface area contributed by atoms with Crippen molar-refractivity contribution in [1.29, 1.82) is 0 Å². The number of rotatable bonds is 80. The summed E-state index contributed by atoms with van der Waals surface area (Å²) >= 11 is 0. The second-order valence-corrected chi connectivity index (χ2v) is 32.8. The molecule has 0 aliphatic rings. The molecule has 0 aromatic heterocycles. The van der Waals surface area contributed by atoms with Crippen LogP contribution in [-0.4, -0.2) is 96.7 Å². The Hall–Kier alpha value is -1.94. The summed E-state index contributed by atoms with van der Waals surface area (Å²) in [4.78, 5) is 72.8. The van der Waals surface area contributed by atoms with Crippen molar-refractivity contribution in [3.8, 4) is 0 Å². The van der Waals surface area contributed by atoms with Gasteiger partial charge in [-0.1, -0.05) is 375 Å². The van der Waals surface area contributed by atoms with Crippen molar-refractivity contribution in [1.82, 2.24) is 0 Å². The molecule has 0 amide bonds. The number of ether oxygens (including phenoxy) is 4. The molecule has 594 valence electrons. The minimum Gasteiger partial charge on any atom is -0.462 e. The average Bonchev–Trinajstić information content (AvgIpc) is 0.961. The van der Waals surface area contributed by atoms with Gasteiger partial charge in [0.1, 0.15) is 19.3 Å². The van der Waals surface area contributed by atoms with Gasteiger partial charge in [0, 0.05) is 25.7 Å².